The maximum absolute atomic E-state index is 11.9. The number of aryl methyl sites for hydroxylation is 1. The van der Waals surface area contributed by atoms with Gasteiger partial charge in [-0.15, -0.1) is 0 Å². The zero-order valence-corrected chi connectivity index (χ0v) is 9.62. The molecule has 0 aliphatic heterocycles. The van der Waals surface area contributed by atoms with Gasteiger partial charge in [0.1, 0.15) is 23.6 Å². The fourth-order valence-corrected chi connectivity index (χ4v) is 1.42. The highest BCUT2D eigenvalue weighted by molar-refractivity contribution is 6.05. The molecule has 0 atom stereocenters. The molecule has 96 valence electrons. The lowest BCUT2D eigenvalue weighted by Gasteiger charge is -2.03. The van der Waals surface area contributed by atoms with Gasteiger partial charge in [0, 0.05) is 7.05 Å². The Bertz CT molecular complexity index is 693. The lowest BCUT2D eigenvalue weighted by Crippen LogP contribution is -2.17. The van der Waals surface area contributed by atoms with Crippen LogP contribution in [0.15, 0.2) is 12.4 Å². The highest BCUT2D eigenvalue weighted by Gasteiger charge is 2.24. The number of nitrogens with one attached hydrogen (secondary N) is 2. The molecule has 1 amide bonds. The number of hydrogen-bond acceptors (Lipinski definition) is 6. The fraction of sp³-hybridized carbons (Fsp3) is 0.111. The first-order chi connectivity index (χ1) is 9.04. The maximum atomic E-state index is 11.9. The molecule has 0 unspecified atom stereocenters. The highest BCUT2D eigenvalue weighted by atomic mass is 16.6. The van der Waals surface area contributed by atoms with Crippen molar-refractivity contribution in [2.45, 2.75) is 0 Å². The number of amides is 1. The first kappa shape index (κ1) is 12.2. The summed E-state index contributed by atoms with van der Waals surface area (Å²) in [5.74, 6) is -0.624. The quantitative estimate of drug-likeness (QED) is 0.595. The third-order valence-corrected chi connectivity index (χ3v) is 2.33. The van der Waals surface area contributed by atoms with E-state index in [1.807, 2.05) is 6.07 Å². The molecule has 10 heteroatoms. The molecule has 2 aromatic heterocycles. The van der Waals surface area contributed by atoms with E-state index in [9.17, 15) is 14.9 Å². The van der Waals surface area contributed by atoms with Gasteiger partial charge in [0.05, 0.1) is 11.1 Å². The van der Waals surface area contributed by atoms with Crippen LogP contribution >= 0.6 is 0 Å². The van der Waals surface area contributed by atoms with Gasteiger partial charge in [-0.2, -0.15) is 15.5 Å². The third kappa shape index (κ3) is 2.12. The molecule has 2 heterocycles. The number of nitriles is 1. The van der Waals surface area contributed by atoms with E-state index in [1.54, 1.807) is 0 Å². The van der Waals surface area contributed by atoms with Crippen LogP contribution in [0.3, 0.4) is 0 Å². The van der Waals surface area contributed by atoms with E-state index in [1.165, 1.54) is 17.9 Å². The predicted molar refractivity (Wildman–Crippen MR) is 61.1 cm³/mol. The van der Waals surface area contributed by atoms with Crippen LogP contribution in [0.25, 0.3) is 0 Å². The van der Waals surface area contributed by atoms with Gasteiger partial charge in [-0.05, 0) is 0 Å². The molecule has 10 nitrogen and oxygen atoms in total. The molecule has 0 saturated carbocycles. The second-order valence-corrected chi connectivity index (χ2v) is 3.48. The van der Waals surface area contributed by atoms with Gasteiger partial charge in [0.2, 0.25) is 5.69 Å². The van der Waals surface area contributed by atoms with Gasteiger partial charge in [0.15, 0.2) is 0 Å². The fourth-order valence-electron chi connectivity index (χ4n) is 1.42. The van der Waals surface area contributed by atoms with Crippen LogP contribution < -0.4 is 5.32 Å². The monoisotopic (exact) mass is 261 g/mol. The van der Waals surface area contributed by atoms with Gasteiger partial charge in [-0.3, -0.25) is 24.7 Å². The molecule has 0 saturated heterocycles. The summed E-state index contributed by atoms with van der Waals surface area (Å²) in [5, 5.41) is 31.4. The second kappa shape index (κ2) is 4.57. The van der Waals surface area contributed by atoms with Gasteiger partial charge in [0.25, 0.3) is 5.91 Å². The van der Waals surface area contributed by atoms with Gasteiger partial charge < -0.3 is 5.32 Å². The van der Waals surface area contributed by atoms with Crippen LogP contribution in [0.5, 0.6) is 0 Å². The van der Waals surface area contributed by atoms with Crippen LogP contribution in [-0.4, -0.2) is 30.8 Å². The van der Waals surface area contributed by atoms with E-state index in [2.05, 4.69) is 20.6 Å². The zero-order chi connectivity index (χ0) is 14.0. The first-order valence-corrected chi connectivity index (χ1v) is 4.95. The van der Waals surface area contributed by atoms with Crippen molar-refractivity contribution in [2.24, 2.45) is 7.05 Å². The Hall–Kier alpha value is -3.22. The van der Waals surface area contributed by atoms with Crippen molar-refractivity contribution in [1.29, 1.82) is 5.26 Å². The third-order valence-electron chi connectivity index (χ3n) is 2.33. The van der Waals surface area contributed by atoms with E-state index >= 15 is 0 Å². The van der Waals surface area contributed by atoms with E-state index in [0.29, 0.717) is 0 Å². The summed E-state index contributed by atoms with van der Waals surface area (Å²) in [4.78, 5) is 21.8. The molecular formula is C9H7N7O3. The Morgan fingerprint density at radius 1 is 1.63 bits per heavy atom. The minimum atomic E-state index is -0.774. The van der Waals surface area contributed by atoms with Crippen LogP contribution in [0.4, 0.5) is 11.5 Å². The lowest BCUT2D eigenvalue weighted by molar-refractivity contribution is -0.385. The smallest absolute Gasteiger partial charge is 0.304 e. The van der Waals surface area contributed by atoms with Crippen molar-refractivity contribution < 1.29 is 9.72 Å². The van der Waals surface area contributed by atoms with E-state index in [-0.39, 0.29) is 17.1 Å². The van der Waals surface area contributed by atoms with Crippen molar-refractivity contribution in [3.8, 4) is 6.07 Å². The Morgan fingerprint density at radius 2 is 2.37 bits per heavy atom. The largest absolute Gasteiger partial charge is 0.319 e. The van der Waals surface area contributed by atoms with Gasteiger partial charge in [-0.25, -0.2) is 0 Å². The molecule has 0 aliphatic carbocycles. The number of carbonyl (C=O) groups excluding carboxylic acids is 1. The van der Waals surface area contributed by atoms with Crippen molar-refractivity contribution >= 4 is 17.4 Å². The summed E-state index contributed by atoms with van der Waals surface area (Å²) >= 11 is 0. The lowest BCUT2D eigenvalue weighted by atomic mass is 10.3. The first-order valence-electron chi connectivity index (χ1n) is 4.95. The standard InChI is InChI=1S/C9H7N7O3/c1-15-8(5(2-10)3-12-15)13-9(17)7-6(16(18)19)4-11-14-7/h3-4H,1H3,(H,11,14)(H,13,17). The number of nitrogens with zero attached hydrogens (tertiary/aromatic N) is 5. The molecule has 0 fully saturated rings. The summed E-state index contributed by atoms with van der Waals surface area (Å²) in [6.45, 7) is 0. The number of H-pyrrole nitrogens is 1. The van der Waals surface area contributed by atoms with Crippen LogP contribution in [0.1, 0.15) is 16.1 Å². The molecule has 0 aromatic carbocycles. The van der Waals surface area contributed by atoms with Crippen LogP contribution in [-0.2, 0) is 7.05 Å². The normalized spacial score (nSPS) is 9.89. The van der Waals surface area contributed by atoms with Crippen LogP contribution in [0, 0.1) is 21.4 Å². The van der Waals surface area contributed by atoms with Crippen molar-refractivity contribution in [3.05, 3.63) is 33.8 Å². The van der Waals surface area contributed by atoms with E-state index < -0.39 is 16.5 Å². The molecule has 2 aromatic rings. The van der Waals surface area contributed by atoms with Crippen molar-refractivity contribution in [3.63, 3.8) is 0 Å². The second-order valence-electron chi connectivity index (χ2n) is 3.48. The number of aromatic nitrogens is 4. The van der Waals surface area contributed by atoms with Gasteiger partial charge in [-0.1, -0.05) is 0 Å². The van der Waals surface area contributed by atoms with Gasteiger partial charge >= 0.3 is 5.69 Å². The van der Waals surface area contributed by atoms with E-state index in [0.717, 1.165) is 6.20 Å². The molecule has 0 radical (unpaired) electrons. The van der Waals surface area contributed by atoms with Crippen molar-refractivity contribution in [2.75, 3.05) is 5.32 Å². The summed E-state index contributed by atoms with van der Waals surface area (Å²) < 4.78 is 1.28. The number of nitro groups is 1. The van der Waals surface area contributed by atoms with Crippen molar-refractivity contribution in [1.82, 2.24) is 20.0 Å². The maximum Gasteiger partial charge on any atom is 0.319 e. The molecule has 2 N–H and O–H groups in total. The molecule has 0 bridgehead atoms. The predicted octanol–water partition coefficient (Wildman–Crippen LogP) is 0.175. The van der Waals surface area contributed by atoms with E-state index in [4.69, 9.17) is 5.26 Å². The Kier molecular flexibility index (Phi) is 2.95. The van der Waals surface area contributed by atoms with Crippen LogP contribution in [0.2, 0.25) is 0 Å². The highest BCUT2D eigenvalue weighted by Crippen LogP contribution is 2.18. The molecule has 0 aliphatic rings. The SMILES string of the molecule is Cn1ncc(C#N)c1NC(=O)c1[nH]ncc1[N+](=O)[O-]. The summed E-state index contributed by atoms with van der Waals surface area (Å²) in [6.07, 6.45) is 2.21. The number of carbonyl (C=O) groups is 1. The summed E-state index contributed by atoms with van der Waals surface area (Å²) in [5.41, 5.74) is -0.591. The average Bonchev–Trinajstić information content (AvgIpc) is 2.97. The summed E-state index contributed by atoms with van der Waals surface area (Å²) in [7, 11) is 1.53. The summed E-state index contributed by atoms with van der Waals surface area (Å²) in [6, 6.07) is 1.85. The zero-order valence-electron chi connectivity index (χ0n) is 9.62. The molecule has 0 spiro atoms. The average molecular weight is 261 g/mol. The Morgan fingerprint density at radius 3 is 3.00 bits per heavy atom. The number of aromatic amines is 1. The Labute approximate surface area is 105 Å². The molecule has 19 heavy (non-hydrogen) atoms. The number of hydrogen-bond donors (Lipinski definition) is 2. The minimum absolute atomic E-state index is 0.149. The molecular weight excluding hydrogens is 254 g/mol. The topological polar surface area (TPSA) is 143 Å². The Balaban J connectivity index is 2.31. The number of rotatable bonds is 3. The minimum Gasteiger partial charge on any atom is -0.304 e. The number of anilines is 1. The molecule has 2 rings (SSSR count).